The quantitative estimate of drug-likeness (QED) is 0.175. The van der Waals surface area contributed by atoms with Crippen molar-refractivity contribution < 1.29 is 28.6 Å². The molecule has 0 saturated carbocycles. The number of carbonyl (C=O) groups excluding carboxylic acids is 3. The zero-order chi connectivity index (χ0) is 32.0. The van der Waals surface area contributed by atoms with Gasteiger partial charge in [0, 0.05) is 24.5 Å². The summed E-state index contributed by atoms with van der Waals surface area (Å²) in [5, 5.41) is 4.52. The summed E-state index contributed by atoms with van der Waals surface area (Å²) in [6.45, 7) is 5.22. The Kier molecular flexibility index (Phi) is 9.91. The van der Waals surface area contributed by atoms with Crippen molar-refractivity contribution in [1.82, 2.24) is 4.90 Å². The molecule has 0 radical (unpaired) electrons. The van der Waals surface area contributed by atoms with Gasteiger partial charge in [-0.25, -0.2) is 0 Å². The van der Waals surface area contributed by atoms with Gasteiger partial charge in [-0.3, -0.25) is 19.3 Å². The van der Waals surface area contributed by atoms with Gasteiger partial charge in [0.15, 0.2) is 11.5 Å². The van der Waals surface area contributed by atoms with Crippen LogP contribution in [0.4, 0.5) is 16.2 Å². The van der Waals surface area contributed by atoms with Gasteiger partial charge in [-0.05, 0) is 99.0 Å². The lowest BCUT2D eigenvalue weighted by atomic mass is 10.1. The van der Waals surface area contributed by atoms with Gasteiger partial charge >= 0.3 is 0 Å². The minimum atomic E-state index is -0.529. The van der Waals surface area contributed by atoms with E-state index in [9.17, 15) is 14.4 Å². The van der Waals surface area contributed by atoms with Crippen molar-refractivity contribution in [3.63, 3.8) is 0 Å². The minimum Gasteiger partial charge on any atom is -0.490 e. The Balaban J connectivity index is 1.12. The highest BCUT2D eigenvalue weighted by atomic mass is 79.9. The topological polar surface area (TPSA) is 97.4 Å². The Morgan fingerprint density at radius 2 is 1.76 bits per heavy atom. The fourth-order valence-corrected chi connectivity index (χ4v) is 6.76. The third-order valence-corrected chi connectivity index (χ3v) is 9.08. The summed E-state index contributed by atoms with van der Waals surface area (Å²) < 4.78 is 18.2. The van der Waals surface area contributed by atoms with Crippen LogP contribution in [0.2, 0.25) is 0 Å². The number of nitrogens with zero attached hydrogens (tertiary/aromatic N) is 2. The Hall–Kier alpha value is -4.32. The van der Waals surface area contributed by atoms with Crippen LogP contribution in [0.1, 0.15) is 18.1 Å². The number of ether oxygens (including phenoxy) is 3. The smallest absolute Gasteiger partial charge is 0.294 e. The molecule has 0 spiro atoms. The largest absolute Gasteiger partial charge is 0.490 e. The van der Waals surface area contributed by atoms with Gasteiger partial charge in [-0.15, -0.1) is 0 Å². The molecule has 0 bridgehead atoms. The van der Waals surface area contributed by atoms with Crippen LogP contribution < -0.4 is 19.7 Å². The van der Waals surface area contributed by atoms with E-state index < -0.39 is 17.1 Å². The lowest BCUT2D eigenvalue weighted by Gasteiger charge is -2.28. The monoisotopic (exact) mass is 701 g/mol. The van der Waals surface area contributed by atoms with E-state index >= 15 is 0 Å². The second-order valence-electron chi connectivity index (χ2n) is 10.7. The molecule has 0 aromatic heterocycles. The average molecular weight is 703 g/mol. The van der Waals surface area contributed by atoms with E-state index in [1.165, 1.54) is 0 Å². The molecule has 236 valence electrons. The number of fused-ring (bicyclic) bond motifs is 1. The normalized spacial score (nSPS) is 15.9. The van der Waals surface area contributed by atoms with E-state index in [0.29, 0.717) is 53.7 Å². The number of anilines is 2. The minimum absolute atomic E-state index is 0.214. The molecule has 2 fully saturated rings. The summed E-state index contributed by atoms with van der Waals surface area (Å²) in [6.07, 6.45) is 1.62. The van der Waals surface area contributed by atoms with Crippen molar-refractivity contribution >= 4 is 73.0 Å². The fraction of sp³-hybridized carbons (Fsp3) is 0.229. The second kappa shape index (κ2) is 14.4. The van der Waals surface area contributed by atoms with Crippen molar-refractivity contribution in [2.45, 2.75) is 13.5 Å². The molecule has 6 rings (SSSR count). The van der Waals surface area contributed by atoms with Crippen LogP contribution in [0.25, 0.3) is 16.8 Å². The molecule has 0 unspecified atom stereocenters. The molecule has 2 saturated heterocycles. The van der Waals surface area contributed by atoms with Gasteiger partial charge in [-0.1, -0.05) is 42.5 Å². The van der Waals surface area contributed by atoms with E-state index in [1.54, 1.807) is 24.3 Å². The number of rotatable bonds is 10. The first-order valence-electron chi connectivity index (χ1n) is 14.9. The fourth-order valence-electron chi connectivity index (χ4n) is 5.35. The van der Waals surface area contributed by atoms with Crippen LogP contribution in [-0.2, 0) is 20.9 Å². The van der Waals surface area contributed by atoms with Crippen LogP contribution in [0.3, 0.4) is 0 Å². The predicted octanol–water partition coefficient (Wildman–Crippen LogP) is 7.09. The van der Waals surface area contributed by atoms with Crippen molar-refractivity contribution in [3.8, 4) is 11.5 Å². The van der Waals surface area contributed by atoms with Gasteiger partial charge in [0.2, 0.25) is 5.91 Å². The summed E-state index contributed by atoms with van der Waals surface area (Å²) in [5.74, 6) is 0.0474. The number of halogens is 1. The van der Waals surface area contributed by atoms with Crippen molar-refractivity contribution in [1.29, 1.82) is 0 Å². The van der Waals surface area contributed by atoms with Crippen molar-refractivity contribution in [3.05, 3.63) is 99.4 Å². The molecule has 1 N–H and O–H groups in total. The molecule has 4 aromatic rings. The van der Waals surface area contributed by atoms with Gasteiger partial charge in [0.25, 0.3) is 11.1 Å². The number of amides is 3. The molecule has 2 aliphatic heterocycles. The molecule has 9 nitrogen and oxygen atoms in total. The Bertz CT molecular complexity index is 1800. The maximum absolute atomic E-state index is 13.2. The number of imide groups is 1. The van der Waals surface area contributed by atoms with Crippen LogP contribution in [0.5, 0.6) is 11.5 Å². The van der Waals surface area contributed by atoms with E-state index in [4.69, 9.17) is 14.2 Å². The lowest BCUT2D eigenvalue weighted by molar-refractivity contribution is -0.127. The van der Waals surface area contributed by atoms with Crippen LogP contribution in [0, 0.1) is 0 Å². The van der Waals surface area contributed by atoms with E-state index in [1.807, 2.05) is 49.4 Å². The maximum atomic E-state index is 13.2. The van der Waals surface area contributed by atoms with E-state index in [0.717, 1.165) is 51.8 Å². The summed E-state index contributed by atoms with van der Waals surface area (Å²) in [5.41, 5.74) is 3.31. The van der Waals surface area contributed by atoms with Crippen molar-refractivity contribution in [2.24, 2.45) is 0 Å². The summed E-state index contributed by atoms with van der Waals surface area (Å²) in [4.78, 5) is 42.2. The molecule has 0 atom stereocenters. The van der Waals surface area contributed by atoms with Gasteiger partial charge < -0.3 is 24.4 Å². The van der Waals surface area contributed by atoms with Crippen LogP contribution >= 0.6 is 27.7 Å². The molecular weight excluding hydrogens is 670 g/mol. The van der Waals surface area contributed by atoms with Crippen LogP contribution in [-0.4, -0.2) is 61.4 Å². The molecular formula is C35H32BrN3O6S. The molecule has 46 heavy (non-hydrogen) atoms. The number of benzene rings is 4. The zero-order valence-electron chi connectivity index (χ0n) is 25.2. The standard InChI is InChI=1S/C35H32BrN3O6S/c1-2-44-30-19-23(18-29(36)33(30)45-22-25-8-5-7-24-6-3-4-9-28(24)25)20-31-34(41)39(35(42)46-31)21-32(40)37-26-10-12-27(13-11-26)38-14-16-43-17-15-38/h3-13,18-20H,2,14-17,21-22H2,1H3,(H,37,40)/b31-20+. The lowest BCUT2D eigenvalue weighted by Crippen LogP contribution is -2.36. The highest BCUT2D eigenvalue weighted by Gasteiger charge is 2.36. The number of hydrogen-bond donors (Lipinski definition) is 1. The first-order valence-corrected chi connectivity index (χ1v) is 16.5. The average Bonchev–Trinajstić information content (AvgIpc) is 3.32. The SMILES string of the molecule is CCOc1cc(/C=C2/SC(=O)N(CC(=O)Nc3ccc(N4CCOCC4)cc3)C2=O)cc(Br)c1OCc1cccc2ccccc12. The number of thioether (sulfide) groups is 1. The second-order valence-corrected chi connectivity index (χ2v) is 12.5. The highest BCUT2D eigenvalue weighted by Crippen LogP contribution is 2.40. The number of morpholine rings is 1. The zero-order valence-corrected chi connectivity index (χ0v) is 27.6. The summed E-state index contributed by atoms with van der Waals surface area (Å²) in [7, 11) is 0. The molecule has 3 amide bonds. The number of hydrogen-bond acceptors (Lipinski definition) is 8. The maximum Gasteiger partial charge on any atom is 0.294 e. The molecule has 0 aliphatic carbocycles. The summed E-state index contributed by atoms with van der Waals surface area (Å²) in [6, 6.07) is 25.3. The number of nitrogens with one attached hydrogen (secondary N) is 1. The molecule has 2 heterocycles. The molecule has 11 heteroatoms. The van der Waals surface area contributed by atoms with Crippen LogP contribution in [0.15, 0.2) is 88.2 Å². The highest BCUT2D eigenvalue weighted by molar-refractivity contribution is 9.10. The number of carbonyl (C=O) groups is 3. The summed E-state index contributed by atoms with van der Waals surface area (Å²) >= 11 is 4.40. The third kappa shape index (κ3) is 7.22. The Morgan fingerprint density at radius 1 is 1.00 bits per heavy atom. The van der Waals surface area contributed by atoms with E-state index in [-0.39, 0.29) is 11.4 Å². The molecule has 4 aromatic carbocycles. The Labute approximate surface area is 279 Å². The van der Waals surface area contributed by atoms with Gasteiger partial charge in [-0.2, -0.15) is 0 Å². The predicted molar refractivity (Wildman–Crippen MR) is 184 cm³/mol. The third-order valence-electron chi connectivity index (χ3n) is 7.58. The first-order chi connectivity index (χ1) is 22.4. The molecule has 2 aliphatic rings. The van der Waals surface area contributed by atoms with E-state index in [2.05, 4.69) is 44.3 Å². The Morgan fingerprint density at radius 3 is 2.54 bits per heavy atom. The van der Waals surface area contributed by atoms with Crippen molar-refractivity contribution in [2.75, 3.05) is 49.7 Å². The van der Waals surface area contributed by atoms with Gasteiger partial charge in [0.1, 0.15) is 13.2 Å². The van der Waals surface area contributed by atoms with Gasteiger partial charge in [0.05, 0.1) is 29.2 Å². The first kappa shape index (κ1) is 31.7.